The minimum absolute atomic E-state index is 0.0186. The lowest BCUT2D eigenvalue weighted by molar-refractivity contribution is -0.136. The average Bonchev–Trinajstić information content (AvgIpc) is 2.87. The van der Waals surface area contributed by atoms with Crippen molar-refractivity contribution < 1.29 is 28.7 Å². The first kappa shape index (κ1) is 17.7. The maximum atomic E-state index is 12.8. The first-order chi connectivity index (χ1) is 12.5. The minimum atomic E-state index is -0.996. The lowest BCUT2D eigenvalue weighted by atomic mass is 10.0. The van der Waals surface area contributed by atoms with Gasteiger partial charge in [-0.2, -0.15) is 0 Å². The van der Waals surface area contributed by atoms with Crippen molar-refractivity contribution >= 4 is 35.6 Å². The van der Waals surface area contributed by atoms with Crippen molar-refractivity contribution in [2.45, 2.75) is 18.9 Å². The van der Waals surface area contributed by atoms with E-state index in [9.17, 15) is 24.0 Å². The predicted molar refractivity (Wildman–Crippen MR) is 88.5 cm³/mol. The van der Waals surface area contributed by atoms with E-state index < -0.39 is 29.7 Å². The minimum Gasteiger partial charge on any atom is -0.382 e. The van der Waals surface area contributed by atoms with E-state index in [1.807, 2.05) is 0 Å². The van der Waals surface area contributed by atoms with Gasteiger partial charge in [0.25, 0.3) is 11.8 Å². The highest BCUT2D eigenvalue weighted by atomic mass is 16.5. The number of carbonyl (C=O) groups is 5. The maximum Gasteiger partial charge on any atom is 0.264 e. The first-order valence-corrected chi connectivity index (χ1v) is 8.14. The fourth-order valence-electron chi connectivity index (χ4n) is 3.05. The van der Waals surface area contributed by atoms with Crippen molar-refractivity contribution in [3.8, 4) is 0 Å². The third-order valence-electron chi connectivity index (χ3n) is 4.22. The van der Waals surface area contributed by atoms with Crippen LogP contribution < -0.4 is 10.6 Å². The molecular formula is C17H17N3O6. The highest BCUT2D eigenvalue weighted by molar-refractivity contribution is 6.25. The Labute approximate surface area is 148 Å². The Balaban J connectivity index is 1.79. The summed E-state index contributed by atoms with van der Waals surface area (Å²) in [6.07, 6.45) is 0.821. The molecule has 1 aromatic carbocycles. The molecule has 1 fully saturated rings. The van der Waals surface area contributed by atoms with Crippen molar-refractivity contribution in [1.82, 2.24) is 10.2 Å². The van der Waals surface area contributed by atoms with Crippen LogP contribution in [0.2, 0.25) is 0 Å². The van der Waals surface area contributed by atoms with E-state index in [0.717, 1.165) is 4.90 Å². The molecule has 0 spiro atoms. The van der Waals surface area contributed by atoms with Crippen LogP contribution in [0.3, 0.4) is 0 Å². The van der Waals surface area contributed by atoms with Crippen LogP contribution in [0.15, 0.2) is 18.2 Å². The lowest BCUT2D eigenvalue weighted by Crippen LogP contribution is -2.54. The molecule has 1 saturated heterocycles. The van der Waals surface area contributed by atoms with Crippen LogP contribution in [0.1, 0.15) is 33.6 Å². The van der Waals surface area contributed by atoms with Gasteiger partial charge in [0.1, 0.15) is 18.9 Å². The van der Waals surface area contributed by atoms with Crippen LogP contribution in [0, 0.1) is 0 Å². The molecule has 1 aromatic rings. The van der Waals surface area contributed by atoms with Gasteiger partial charge in [0, 0.05) is 18.7 Å². The number of benzene rings is 1. The van der Waals surface area contributed by atoms with Gasteiger partial charge in [-0.25, -0.2) is 0 Å². The summed E-state index contributed by atoms with van der Waals surface area (Å²) in [5.74, 6) is -2.19. The number of anilines is 1. The number of imide groups is 2. The highest BCUT2D eigenvalue weighted by Crippen LogP contribution is 2.32. The zero-order valence-corrected chi connectivity index (χ0v) is 13.8. The number of fused-ring (bicyclic) bond motifs is 1. The second kappa shape index (κ2) is 7.44. The topological polar surface area (TPSA) is 122 Å². The van der Waals surface area contributed by atoms with E-state index >= 15 is 0 Å². The van der Waals surface area contributed by atoms with Crippen molar-refractivity contribution in [2.24, 2.45) is 0 Å². The Kier molecular flexibility index (Phi) is 5.08. The van der Waals surface area contributed by atoms with Gasteiger partial charge in [0.2, 0.25) is 11.8 Å². The number of piperidine rings is 1. The van der Waals surface area contributed by atoms with Gasteiger partial charge in [0.05, 0.1) is 17.7 Å². The van der Waals surface area contributed by atoms with Gasteiger partial charge in [-0.05, 0) is 18.6 Å². The monoisotopic (exact) mass is 359 g/mol. The van der Waals surface area contributed by atoms with Gasteiger partial charge in [-0.1, -0.05) is 6.07 Å². The molecule has 2 heterocycles. The Bertz CT molecular complexity index is 791. The maximum absolute atomic E-state index is 12.8. The lowest BCUT2D eigenvalue weighted by Gasteiger charge is -2.27. The summed E-state index contributed by atoms with van der Waals surface area (Å²) in [4.78, 5) is 59.9. The molecule has 26 heavy (non-hydrogen) atoms. The normalized spacial score (nSPS) is 19.4. The van der Waals surface area contributed by atoms with Crippen LogP contribution in [0.5, 0.6) is 0 Å². The molecule has 1 atom stereocenters. The molecule has 2 aliphatic heterocycles. The Morgan fingerprint density at radius 3 is 2.77 bits per heavy atom. The van der Waals surface area contributed by atoms with Crippen molar-refractivity contribution in [3.63, 3.8) is 0 Å². The van der Waals surface area contributed by atoms with Crippen LogP contribution in [-0.4, -0.2) is 60.6 Å². The van der Waals surface area contributed by atoms with Crippen LogP contribution in [-0.2, 0) is 19.1 Å². The molecule has 2 N–H and O–H groups in total. The molecule has 4 amide bonds. The smallest absolute Gasteiger partial charge is 0.264 e. The standard InChI is InChI=1S/C17H17N3O6/c21-7-9-26-8-6-18-11-3-1-2-10-14(11)17(25)20(16(10)24)12-4-5-13(22)19-15(12)23/h1-3,7,12,18H,4-6,8-9H2,(H,19,22,23). The largest absolute Gasteiger partial charge is 0.382 e. The molecule has 3 rings (SSSR count). The third kappa shape index (κ3) is 3.21. The van der Waals surface area contributed by atoms with Gasteiger partial charge in [-0.15, -0.1) is 0 Å². The Morgan fingerprint density at radius 1 is 1.23 bits per heavy atom. The average molecular weight is 359 g/mol. The number of amides is 4. The third-order valence-corrected chi connectivity index (χ3v) is 4.22. The number of nitrogens with one attached hydrogen (secondary N) is 2. The quantitative estimate of drug-likeness (QED) is 0.390. The molecule has 0 aromatic heterocycles. The number of hydrogen-bond donors (Lipinski definition) is 2. The fraction of sp³-hybridized carbons (Fsp3) is 0.353. The van der Waals surface area contributed by atoms with E-state index in [-0.39, 0.29) is 37.2 Å². The summed E-state index contributed by atoms with van der Waals surface area (Å²) in [6, 6.07) is 3.81. The van der Waals surface area contributed by atoms with Crippen LogP contribution in [0.25, 0.3) is 0 Å². The fourth-order valence-corrected chi connectivity index (χ4v) is 3.05. The van der Waals surface area contributed by atoms with Crippen molar-refractivity contribution in [3.05, 3.63) is 29.3 Å². The second-order valence-corrected chi connectivity index (χ2v) is 5.84. The van der Waals surface area contributed by atoms with Gasteiger partial charge in [-0.3, -0.25) is 29.4 Å². The predicted octanol–water partition coefficient (Wildman–Crippen LogP) is -0.285. The summed E-state index contributed by atoms with van der Waals surface area (Å²) in [5.41, 5.74) is 0.849. The van der Waals surface area contributed by atoms with E-state index in [0.29, 0.717) is 18.5 Å². The Morgan fingerprint density at radius 2 is 2.04 bits per heavy atom. The zero-order valence-electron chi connectivity index (χ0n) is 13.8. The molecule has 2 aliphatic rings. The molecule has 0 aliphatic carbocycles. The number of carbonyl (C=O) groups excluding carboxylic acids is 5. The molecular weight excluding hydrogens is 342 g/mol. The van der Waals surface area contributed by atoms with Crippen molar-refractivity contribution in [1.29, 1.82) is 0 Å². The number of hydrogen-bond acceptors (Lipinski definition) is 7. The molecule has 0 radical (unpaired) electrons. The van der Waals surface area contributed by atoms with Crippen molar-refractivity contribution in [2.75, 3.05) is 25.1 Å². The van der Waals surface area contributed by atoms with E-state index in [4.69, 9.17) is 4.74 Å². The summed E-state index contributed by atoms with van der Waals surface area (Å²) in [7, 11) is 0. The summed E-state index contributed by atoms with van der Waals surface area (Å²) in [6.45, 7) is 0.570. The molecule has 9 nitrogen and oxygen atoms in total. The number of ether oxygens (including phenoxy) is 1. The second-order valence-electron chi connectivity index (χ2n) is 5.84. The molecule has 1 unspecified atom stereocenters. The SMILES string of the molecule is O=CCOCCNc1cccc2c1C(=O)N(C1CCC(=O)NC1=O)C2=O. The molecule has 0 saturated carbocycles. The number of rotatable bonds is 7. The van der Waals surface area contributed by atoms with Gasteiger partial charge < -0.3 is 14.8 Å². The van der Waals surface area contributed by atoms with Crippen LogP contribution >= 0.6 is 0 Å². The molecule has 9 heteroatoms. The summed E-state index contributed by atoms with van der Waals surface area (Å²) < 4.78 is 5.03. The van der Waals surface area contributed by atoms with Gasteiger partial charge in [0.15, 0.2) is 0 Å². The molecule has 136 valence electrons. The number of nitrogens with zero attached hydrogens (tertiary/aromatic N) is 1. The zero-order chi connectivity index (χ0) is 18.7. The summed E-state index contributed by atoms with van der Waals surface area (Å²) >= 11 is 0. The molecule has 0 bridgehead atoms. The highest BCUT2D eigenvalue weighted by Gasteiger charge is 2.45. The van der Waals surface area contributed by atoms with E-state index in [1.54, 1.807) is 12.1 Å². The summed E-state index contributed by atoms with van der Waals surface area (Å²) in [5, 5.41) is 5.16. The van der Waals surface area contributed by atoms with Gasteiger partial charge >= 0.3 is 0 Å². The van der Waals surface area contributed by atoms with E-state index in [2.05, 4.69) is 10.6 Å². The van der Waals surface area contributed by atoms with Crippen LogP contribution in [0.4, 0.5) is 5.69 Å². The Hall–Kier alpha value is -3.07. The first-order valence-electron chi connectivity index (χ1n) is 8.14. The van der Waals surface area contributed by atoms with E-state index in [1.165, 1.54) is 6.07 Å². The number of aldehydes is 1.